The summed E-state index contributed by atoms with van der Waals surface area (Å²) >= 11 is 6.21. The topological polar surface area (TPSA) is 38.9 Å². The molecule has 1 aromatic heterocycles. The fraction of sp³-hybridized carbons (Fsp3) is 0.214. The quantitative estimate of drug-likeness (QED) is 0.882. The predicted octanol–water partition coefficient (Wildman–Crippen LogP) is 3.40. The maximum Gasteiger partial charge on any atom is 0.0581 e. The Morgan fingerprint density at radius 1 is 1.18 bits per heavy atom. The molecule has 0 aliphatic rings. The van der Waals surface area contributed by atoms with Crippen LogP contribution < -0.4 is 5.73 Å². The molecule has 0 saturated heterocycles. The van der Waals surface area contributed by atoms with Gasteiger partial charge in [-0.25, -0.2) is 0 Å². The molecule has 88 valence electrons. The second-order valence-electron chi connectivity index (χ2n) is 4.24. The number of aryl methyl sites for hydroxylation is 2. The van der Waals surface area contributed by atoms with Crippen molar-refractivity contribution in [3.63, 3.8) is 0 Å². The van der Waals surface area contributed by atoms with Crippen molar-refractivity contribution in [2.75, 3.05) is 0 Å². The van der Waals surface area contributed by atoms with Crippen molar-refractivity contribution in [1.82, 2.24) is 4.98 Å². The summed E-state index contributed by atoms with van der Waals surface area (Å²) in [6.45, 7) is 3.96. The number of benzene rings is 1. The zero-order valence-electron chi connectivity index (χ0n) is 9.94. The van der Waals surface area contributed by atoms with E-state index in [9.17, 15) is 0 Å². The molecule has 0 aliphatic carbocycles. The van der Waals surface area contributed by atoms with Gasteiger partial charge in [-0.2, -0.15) is 0 Å². The molecule has 17 heavy (non-hydrogen) atoms. The molecule has 0 bridgehead atoms. The minimum Gasteiger partial charge on any atom is -0.320 e. The summed E-state index contributed by atoms with van der Waals surface area (Å²) < 4.78 is 0. The third kappa shape index (κ3) is 2.65. The van der Waals surface area contributed by atoms with Gasteiger partial charge >= 0.3 is 0 Å². The second-order valence-corrected chi connectivity index (χ2v) is 4.64. The van der Waals surface area contributed by atoms with Crippen LogP contribution in [0.15, 0.2) is 36.5 Å². The fourth-order valence-electron chi connectivity index (χ4n) is 1.73. The number of aromatic nitrogens is 1. The maximum atomic E-state index is 6.21. The highest BCUT2D eigenvalue weighted by molar-refractivity contribution is 6.31. The van der Waals surface area contributed by atoms with Gasteiger partial charge in [0.1, 0.15) is 0 Å². The predicted molar refractivity (Wildman–Crippen MR) is 71.2 cm³/mol. The van der Waals surface area contributed by atoms with Gasteiger partial charge in [0.05, 0.1) is 6.04 Å². The Morgan fingerprint density at radius 3 is 2.53 bits per heavy atom. The normalized spacial score (nSPS) is 12.5. The van der Waals surface area contributed by atoms with Crippen molar-refractivity contribution in [1.29, 1.82) is 0 Å². The summed E-state index contributed by atoms with van der Waals surface area (Å²) in [5, 5.41) is 0.707. The second kappa shape index (κ2) is 4.86. The number of hydrogen-bond acceptors (Lipinski definition) is 2. The lowest BCUT2D eigenvalue weighted by Gasteiger charge is -2.14. The lowest BCUT2D eigenvalue weighted by atomic mass is 10.00. The Kier molecular flexibility index (Phi) is 3.46. The fourth-order valence-corrected chi connectivity index (χ4v) is 2.08. The highest BCUT2D eigenvalue weighted by Gasteiger charge is 2.12. The molecule has 2 rings (SSSR count). The van der Waals surface area contributed by atoms with Crippen LogP contribution in [0.2, 0.25) is 5.02 Å². The molecule has 2 N–H and O–H groups in total. The van der Waals surface area contributed by atoms with Crippen LogP contribution in [0.25, 0.3) is 0 Å². The maximum absolute atomic E-state index is 6.21. The Hall–Kier alpha value is -1.38. The van der Waals surface area contributed by atoms with Crippen molar-refractivity contribution >= 4 is 11.6 Å². The first-order valence-corrected chi connectivity index (χ1v) is 5.90. The summed E-state index contributed by atoms with van der Waals surface area (Å²) in [5.74, 6) is 0. The van der Waals surface area contributed by atoms with Crippen molar-refractivity contribution in [2.45, 2.75) is 19.9 Å². The molecule has 0 fully saturated rings. The van der Waals surface area contributed by atoms with E-state index in [-0.39, 0.29) is 6.04 Å². The summed E-state index contributed by atoms with van der Waals surface area (Å²) in [7, 11) is 0. The Morgan fingerprint density at radius 2 is 1.94 bits per heavy atom. The lowest BCUT2D eigenvalue weighted by molar-refractivity contribution is 0.860. The molecule has 0 aliphatic heterocycles. The number of halogens is 1. The standard InChI is InChI=1S/C14H15ClN2/c1-9-3-6-12(13(15)7-9)14(16)11-5-4-10(2)17-8-11/h3-8,14H,16H2,1-2H3. The molecule has 0 saturated carbocycles. The van der Waals surface area contributed by atoms with E-state index < -0.39 is 0 Å². The summed E-state index contributed by atoms with van der Waals surface area (Å²) in [6.07, 6.45) is 1.80. The van der Waals surface area contributed by atoms with Crippen LogP contribution >= 0.6 is 11.6 Å². The van der Waals surface area contributed by atoms with Crippen LogP contribution in [0.4, 0.5) is 0 Å². The van der Waals surface area contributed by atoms with Gasteiger partial charge in [-0.1, -0.05) is 29.8 Å². The number of nitrogens with zero attached hydrogens (tertiary/aromatic N) is 1. The average molecular weight is 247 g/mol. The van der Waals surface area contributed by atoms with Crippen molar-refractivity contribution in [3.05, 3.63) is 63.9 Å². The minimum atomic E-state index is -0.226. The SMILES string of the molecule is Cc1ccc(C(N)c2ccc(C)nc2)c(Cl)c1. The molecule has 2 aromatic rings. The zero-order chi connectivity index (χ0) is 12.4. The lowest BCUT2D eigenvalue weighted by Crippen LogP contribution is -2.12. The first-order valence-electron chi connectivity index (χ1n) is 5.52. The Bertz CT molecular complexity index is 520. The van der Waals surface area contributed by atoms with Crippen LogP contribution in [-0.4, -0.2) is 4.98 Å². The van der Waals surface area contributed by atoms with E-state index in [0.717, 1.165) is 22.4 Å². The van der Waals surface area contributed by atoms with Crippen LogP contribution in [0.3, 0.4) is 0 Å². The summed E-state index contributed by atoms with van der Waals surface area (Å²) in [4.78, 5) is 4.25. The third-order valence-electron chi connectivity index (χ3n) is 2.78. The van der Waals surface area contributed by atoms with E-state index >= 15 is 0 Å². The van der Waals surface area contributed by atoms with Gasteiger partial charge in [0.25, 0.3) is 0 Å². The van der Waals surface area contributed by atoms with E-state index in [1.807, 2.05) is 44.2 Å². The first-order chi connectivity index (χ1) is 8.08. The summed E-state index contributed by atoms with van der Waals surface area (Å²) in [5.41, 5.74) is 10.2. The van der Waals surface area contributed by atoms with Crippen molar-refractivity contribution in [2.24, 2.45) is 5.73 Å². The van der Waals surface area contributed by atoms with Crippen LogP contribution in [0.1, 0.15) is 28.4 Å². The van der Waals surface area contributed by atoms with E-state index in [2.05, 4.69) is 4.98 Å². The van der Waals surface area contributed by atoms with Gasteiger partial charge < -0.3 is 5.73 Å². The molecular formula is C14H15ClN2. The van der Waals surface area contributed by atoms with Crippen molar-refractivity contribution < 1.29 is 0 Å². The van der Waals surface area contributed by atoms with Gasteiger partial charge in [-0.05, 0) is 42.7 Å². The van der Waals surface area contributed by atoms with E-state index in [1.165, 1.54) is 0 Å². The Labute approximate surface area is 106 Å². The number of nitrogens with two attached hydrogens (primary N) is 1. The minimum absolute atomic E-state index is 0.226. The smallest absolute Gasteiger partial charge is 0.0581 e. The van der Waals surface area contributed by atoms with E-state index in [0.29, 0.717) is 5.02 Å². The van der Waals surface area contributed by atoms with Crippen LogP contribution in [0.5, 0.6) is 0 Å². The van der Waals surface area contributed by atoms with E-state index in [1.54, 1.807) is 6.20 Å². The molecule has 1 unspecified atom stereocenters. The number of rotatable bonds is 2. The molecule has 2 nitrogen and oxygen atoms in total. The van der Waals surface area contributed by atoms with Gasteiger partial charge in [-0.15, -0.1) is 0 Å². The van der Waals surface area contributed by atoms with Gasteiger partial charge in [-0.3, -0.25) is 4.98 Å². The van der Waals surface area contributed by atoms with Gasteiger partial charge in [0, 0.05) is 16.9 Å². The van der Waals surface area contributed by atoms with Gasteiger partial charge in [0.2, 0.25) is 0 Å². The molecule has 0 amide bonds. The van der Waals surface area contributed by atoms with Crippen LogP contribution in [-0.2, 0) is 0 Å². The van der Waals surface area contributed by atoms with E-state index in [4.69, 9.17) is 17.3 Å². The van der Waals surface area contributed by atoms with Crippen LogP contribution in [0, 0.1) is 13.8 Å². The number of pyridine rings is 1. The van der Waals surface area contributed by atoms with Crippen molar-refractivity contribution in [3.8, 4) is 0 Å². The molecule has 1 atom stereocenters. The number of hydrogen-bond donors (Lipinski definition) is 1. The third-order valence-corrected chi connectivity index (χ3v) is 3.11. The summed E-state index contributed by atoms with van der Waals surface area (Å²) in [6, 6.07) is 9.64. The molecule has 0 spiro atoms. The largest absolute Gasteiger partial charge is 0.320 e. The Balaban J connectivity index is 2.36. The van der Waals surface area contributed by atoms with Gasteiger partial charge in [0.15, 0.2) is 0 Å². The monoisotopic (exact) mass is 246 g/mol. The first kappa shape index (κ1) is 12.1. The molecular weight excluding hydrogens is 232 g/mol. The molecule has 1 heterocycles. The highest BCUT2D eigenvalue weighted by Crippen LogP contribution is 2.26. The molecule has 1 aromatic carbocycles. The molecule has 3 heteroatoms. The molecule has 0 radical (unpaired) electrons. The zero-order valence-corrected chi connectivity index (χ0v) is 10.7. The highest BCUT2D eigenvalue weighted by atomic mass is 35.5. The average Bonchev–Trinajstić information content (AvgIpc) is 2.29.